The van der Waals surface area contributed by atoms with E-state index in [9.17, 15) is 10.1 Å². The van der Waals surface area contributed by atoms with Gasteiger partial charge in [-0.15, -0.1) is 0 Å². The van der Waals surface area contributed by atoms with Gasteiger partial charge in [-0.05, 0) is 28.1 Å². The van der Waals surface area contributed by atoms with E-state index < -0.39 is 4.92 Å². The maximum absolute atomic E-state index is 10.8. The lowest BCUT2D eigenvalue weighted by Gasteiger charge is -2.06. The molecular weight excluding hydrogens is 234 g/mol. The Labute approximate surface area is 104 Å². The summed E-state index contributed by atoms with van der Waals surface area (Å²) in [6.45, 7) is 0.589. The number of anilines is 1. The molecule has 0 aliphatic carbocycles. The molecule has 2 aromatic rings. The molecule has 0 aliphatic rings. The summed E-state index contributed by atoms with van der Waals surface area (Å²) in [6.07, 6.45) is 3.87. The summed E-state index contributed by atoms with van der Waals surface area (Å²) in [5.74, 6) is -0.150. The molecule has 0 saturated heterocycles. The molecule has 0 atom stereocenters. The summed E-state index contributed by atoms with van der Waals surface area (Å²) in [5, 5.41) is 17.8. The zero-order valence-electron chi connectivity index (χ0n) is 9.91. The molecule has 0 unspecified atom stereocenters. The van der Waals surface area contributed by atoms with Gasteiger partial charge in [0.05, 0.1) is 0 Å². The highest BCUT2D eigenvalue weighted by Crippen LogP contribution is 2.19. The minimum Gasteiger partial charge on any atom is -0.378 e. The van der Waals surface area contributed by atoms with Crippen molar-refractivity contribution in [3.8, 4) is 0 Å². The average Bonchev–Trinajstić information content (AvgIpc) is 2.76. The van der Waals surface area contributed by atoms with Crippen LogP contribution in [0.1, 0.15) is 5.69 Å². The van der Waals surface area contributed by atoms with E-state index in [1.807, 2.05) is 13.1 Å². The van der Waals surface area contributed by atoms with E-state index in [0.717, 1.165) is 12.1 Å². The summed E-state index contributed by atoms with van der Waals surface area (Å²) in [5.41, 5.74) is 1.50. The van der Waals surface area contributed by atoms with Gasteiger partial charge < -0.3 is 15.4 Å². The van der Waals surface area contributed by atoms with Gasteiger partial charge in [-0.1, -0.05) is 0 Å². The highest BCUT2D eigenvalue weighted by Gasteiger charge is 2.13. The second kappa shape index (κ2) is 5.26. The van der Waals surface area contributed by atoms with E-state index in [1.54, 1.807) is 23.0 Å². The largest absolute Gasteiger partial charge is 0.386 e. The fourth-order valence-corrected chi connectivity index (χ4v) is 1.65. The van der Waals surface area contributed by atoms with Gasteiger partial charge in [0.2, 0.25) is 0 Å². The molecule has 0 amide bonds. The molecule has 0 fully saturated rings. The first kappa shape index (κ1) is 12.0. The zero-order valence-corrected chi connectivity index (χ0v) is 9.91. The van der Waals surface area contributed by atoms with E-state index in [0.29, 0.717) is 12.2 Å². The predicted octanol–water partition coefficient (Wildman–Crippen LogP) is 1.38. The van der Waals surface area contributed by atoms with E-state index in [1.165, 1.54) is 6.20 Å². The van der Waals surface area contributed by atoms with Crippen molar-refractivity contribution in [3.63, 3.8) is 0 Å². The van der Waals surface area contributed by atoms with E-state index >= 15 is 0 Å². The smallest absolute Gasteiger partial charge is 0.378 e. The maximum atomic E-state index is 10.8. The number of nitro groups is 1. The van der Waals surface area contributed by atoms with Gasteiger partial charge in [0.15, 0.2) is 0 Å². The Morgan fingerprint density at radius 3 is 2.94 bits per heavy atom. The summed E-state index contributed by atoms with van der Waals surface area (Å²) in [6, 6.07) is 5.23. The van der Waals surface area contributed by atoms with Crippen molar-refractivity contribution in [3.05, 3.63) is 46.4 Å². The van der Waals surface area contributed by atoms with Gasteiger partial charge in [-0.2, -0.15) is 5.10 Å². The second-order valence-corrected chi connectivity index (χ2v) is 3.75. The normalized spacial score (nSPS) is 10.3. The van der Waals surface area contributed by atoms with Crippen molar-refractivity contribution in [1.82, 2.24) is 14.8 Å². The highest BCUT2D eigenvalue weighted by molar-refractivity contribution is 5.56. The lowest BCUT2D eigenvalue weighted by molar-refractivity contribution is -0.388. The molecule has 18 heavy (non-hydrogen) atoms. The minimum atomic E-state index is -0.494. The van der Waals surface area contributed by atoms with Crippen LogP contribution in [0, 0.1) is 10.1 Å². The Morgan fingerprint density at radius 2 is 2.28 bits per heavy atom. The lowest BCUT2D eigenvalue weighted by Crippen LogP contribution is -2.10. The van der Waals surface area contributed by atoms with Crippen LogP contribution in [-0.2, 0) is 13.5 Å². The third-order valence-electron chi connectivity index (χ3n) is 2.58. The van der Waals surface area contributed by atoms with Gasteiger partial charge >= 0.3 is 5.82 Å². The van der Waals surface area contributed by atoms with Crippen LogP contribution in [0.25, 0.3) is 0 Å². The number of aryl methyl sites for hydroxylation is 1. The topological polar surface area (TPSA) is 85.9 Å². The number of rotatable bonds is 5. The van der Waals surface area contributed by atoms with Gasteiger partial charge in [0, 0.05) is 31.9 Å². The number of nitrogens with one attached hydrogen (secondary N) is 1. The highest BCUT2D eigenvalue weighted by atomic mass is 16.6. The monoisotopic (exact) mass is 247 g/mol. The number of pyridine rings is 1. The molecule has 2 heterocycles. The predicted molar refractivity (Wildman–Crippen MR) is 66.3 cm³/mol. The lowest BCUT2D eigenvalue weighted by atomic mass is 10.3. The first-order chi connectivity index (χ1) is 8.68. The molecular formula is C11H13N5O2. The molecule has 0 spiro atoms. The van der Waals surface area contributed by atoms with Crippen molar-refractivity contribution in [2.24, 2.45) is 7.05 Å². The standard InChI is InChI=1S/C11H13N5O2/c1-15-9(5-8-14-15)4-7-12-10-3-2-6-13-11(10)16(17)18/h2-3,5-6,8,12H,4,7H2,1H3. The molecule has 94 valence electrons. The first-order valence-corrected chi connectivity index (χ1v) is 5.48. The fourth-order valence-electron chi connectivity index (χ4n) is 1.65. The molecule has 1 N–H and O–H groups in total. The molecule has 0 saturated carbocycles. The fraction of sp³-hybridized carbons (Fsp3) is 0.273. The summed E-state index contributed by atoms with van der Waals surface area (Å²) >= 11 is 0. The number of nitrogens with zero attached hydrogens (tertiary/aromatic N) is 4. The Balaban J connectivity index is 1.99. The van der Waals surface area contributed by atoms with Gasteiger partial charge in [-0.3, -0.25) is 4.68 Å². The van der Waals surface area contributed by atoms with E-state index in [-0.39, 0.29) is 5.82 Å². The van der Waals surface area contributed by atoms with Crippen LogP contribution in [0.2, 0.25) is 0 Å². The Morgan fingerprint density at radius 1 is 1.44 bits per heavy atom. The van der Waals surface area contributed by atoms with Crippen LogP contribution in [-0.4, -0.2) is 26.2 Å². The van der Waals surface area contributed by atoms with Crippen molar-refractivity contribution in [2.45, 2.75) is 6.42 Å². The Kier molecular flexibility index (Phi) is 3.52. The van der Waals surface area contributed by atoms with E-state index in [2.05, 4.69) is 15.4 Å². The van der Waals surface area contributed by atoms with Crippen molar-refractivity contribution < 1.29 is 4.92 Å². The summed E-state index contributed by atoms with van der Waals surface area (Å²) < 4.78 is 1.78. The summed E-state index contributed by atoms with van der Waals surface area (Å²) in [7, 11) is 1.86. The SMILES string of the molecule is Cn1nccc1CCNc1cccnc1[N+](=O)[O-]. The zero-order chi connectivity index (χ0) is 13.0. The minimum absolute atomic E-state index is 0.150. The van der Waals surface area contributed by atoms with Crippen molar-refractivity contribution >= 4 is 11.5 Å². The molecule has 2 rings (SSSR count). The number of hydrogen-bond acceptors (Lipinski definition) is 5. The molecule has 0 radical (unpaired) electrons. The van der Waals surface area contributed by atoms with Crippen LogP contribution >= 0.6 is 0 Å². The Hall–Kier alpha value is -2.44. The van der Waals surface area contributed by atoms with Gasteiger partial charge in [-0.25, -0.2) is 0 Å². The summed E-state index contributed by atoms with van der Waals surface area (Å²) in [4.78, 5) is 14.0. The number of hydrogen-bond donors (Lipinski definition) is 1. The van der Waals surface area contributed by atoms with Crippen LogP contribution in [0.3, 0.4) is 0 Å². The van der Waals surface area contributed by atoms with Gasteiger partial charge in [0.25, 0.3) is 0 Å². The van der Waals surface area contributed by atoms with E-state index in [4.69, 9.17) is 0 Å². The third kappa shape index (κ3) is 2.62. The quantitative estimate of drug-likeness (QED) is 0.637. The molecule has 0 aliphatic heterocycles. The first-order valence-electron chi connectivity index (χ1n) is 5.48. The molecule has 7 nitrogen and oxygen atoms in total. The average molecular weight is 247 g/mol. The van der Waals surface area contributed by atoms with Crippen LogP contribution in [0.15, 0.2) is 30.6 Å². The molecule has 0 aromatic carbocycles. The van der Waals surface area contributed by atoms with Crippen LogP contribution < -0.4 is 5.32 Å². The van der Waals surface area contributed by atoms with Crippen LogP contribution in [0.5, 0.6) is 0 Å². The second-order valence-electron chi connectivity index (χ2n) is 3.75. The maximum Gasteiger partial charge on any atom is 0.386 e. The van der Waals surface area contributed by atoms with Crippen molar-refractivity contribution in [1.29, 1.82) is 0 Å². The van der Waals surface area contributed by atoms with Crippen LogP contribution in [0.4, 0.5) is 11.5 Å². The molecule has 0 bridgehead atoms. The molecule has 7 heteroatoms. The molecule has 2 aromatic heterocycles. The number of aromatic nitrogens is 3. The van der Waals surface area contributed by atoms with Gasteiger partial charge in [0.1, 0.15) is 11.9 Å². The third-order valence-corrected chi connectivity index (χ3v) is 2.58. The Bertz CT molecular complexity index is 552. The van der Waals surface area contributed by atoms with Crippen molar-refractivity contribution in [2.75, 3.05) is 11.9 Å².